The highest BCUT2D eigenvalue weighted by Gasteiger charge is 2.31. The first kappa shape index (κ1) is 21.7. The number of allylic oxidation sites excluding steroid dienone is 2. The molecule has 172 valence electrons. The maximum atomic E-state index is 11.8. The number of aromatic amines is 1. The molecule has 5 rings (SSSR count). The van der Waals surface area contributed by atoms with Crippen LogP contribution in [0.25, 0.3) is 28.0 Å². The number of H-pyrrole nitrogens is 1. The molecule has 2 heterocycles. The van der Waals surface area contributed by atoms with Crippen LogP contribution in [-0.2, 0) is 11.3 Å². The number of tetrazole rings is 1. The molecular weight excluding hydrogens is 432 g/mol. The first-order valence-electron chi connectivity index (χ1n) is 11.1. The number of carbonyl (C=O) groups is 1. The topological polar surface area (TPSA) is 119 Å². The Morgan fingerprint density at radius 1 is 1.21 bits per heavy atom. The minimum Gasteiger partial charge on any atom is -0.478 e. The van der Waals surface area contributed by atoms with E-state index in [-0.39, 0.29) is 5.56 Å². The molecule has 1 atom stereocenters. The Morgan fingerprint density at radius 2 is 2.06 bits per heavy atom. The molecule has 0 aliphatic heterocycles. The van der Waals surface area contributed by atoms with Crippen molar-refractivity contribution >= 4 is 22.6 Å². The van der Waals surface area contributed by atoms with E-state index in [1.807, 2.05) is 34.9 Å². The van der Waals surface area contributed by atoms with Crippen molar-refractivity contribution in [3.63, 3.8) is 0 Å². The third-order valence-electron chi connectivity index (χ3n) is 5.97. The van der Waals surface area contributed by atoms with E-state index in [1.165, 1.54) is 0 Å². The van der Waals surface area contributed by atoms with E-state index in [0.717, 1.165) is 23.1 Å². The van der Waals surface area contributed by atoms with Crippen LogP contribution in [0.3, 0.4) is 0 Å². The average Bonchev–Trinajstić information content (AvgIpc) is 3.54. The second-order valence-corrected chi connectivity index (χ2v) is 8.26. The van der Waals surface area contributed by atoms with Gasteiger partial charge < -0.3 is 14.4 Å². The van der Waals surface area contributed by atoms with E-state index in [1.54, 1.807) is 18.5 Å². The van der Waals surface area contributed by atoms with E-state index in [0.29, 0.717) is 36.4 Å². The van der Waals surface area contributed by atoms with Gasteiger partial charge in [-0.3, -0.25) is 0 Å². The minimum absolute atomic E-state index is 0.228. The quantitative estimate of drug-likeness (QED) is 0.409. The van der Waals surface area contributed by atoms with Crippen molar-refractivity contribution in [3.8, 4) is 11.4 Å². The molecule has 1 unspecified atom stereocenters. The van der Waals surface area contributed by atoms with Crippen molar-refractivity contribution in [1.29, 1.82) is 0 Å². The van der Waals surface area contributed by atoms with Crippen molar-refractivity contribution in [2.24, 2.45) is 0 Å². The van der Waals surface area contributed by atoms with E-state index in [2.05, 4.69) is 50.8 Å². The number of ether oxygens (including phenoxy) is 1. The van der Waals surface area contributed by atoms with E-state index in [9.17, 15) is 9.90 Å². The monoisotopic (exact) mass is 456 g/mol. The smallest absolute Gasteiger partial charge is 0.337 e. The Bertz CT molecular complexity index is 1390. The zero-order chi connectivity index (χ0) is 23.5. The largest absolute Gasteiger partial charge is 0.478 e. The molecule has 0 bridgehead atoms. The summed E-state index contributed by atoms with van der Waals surface area (Å²) >= 11 is 0. The second kappa shape index (κ2) is 9.03. The molecule has 2 N–H and O–H groups in total. The first-order valence-corrected chi connectivity index (χ1v) is 11.1. The van der Waals surface area contributed by atoms with Crippen LogP contribution < -0.4 is 0 Å². The first-order chi connectivity index (χ1) is 16.6. The van der Waals surface area contributed by atoms with Gasteiger partial charge in [0.25, 0.3) is 0 Å². The molecule has 9 nitrogen and oxygen atoms in total. The molecule has 1 aliphatic rings. The van der Waals surface area contributed by atoms with Gasteiger partial charge in [-0.25, -0.2) is 14.9 Å². The van der Waals surface area contributed by atoms with Crippen LogP contribution in [0.2, 0.25) is 0 Å². The maximum Gasteiger partial charge on any atom is 0.337 e. The Kier molecular flexibility index (Phi) is 5.77. The van der Waals surface area contributed by atoms with Crippen LogP contribution in [0.4, 0.5) is 0 Å². The second-order valence-electron chi connectivity index (χ2n) is 8.26. The van der Waals surface area contributed by atoms with Gasteiger partial charge in [0.2, 0.25) is 0 Å². The van der Waals surface area contributed by atoms with Crippen LogP contribution in [0.1, 0.15) is 35.7 Å². The van der Waals surface area contributed by atoms with Crippen LogP contribution in [0.15, 0.2) is 67.0 Å². The van der Waals surface area contributed by atoms with Gasteiger partial charge in [0.1, 0.15) is 5.60 Å². The molecule has 0 spiro atoms. The van der Waals surface area contributed by atoms with Gasteiger partial charge in [0.05, 0.1) is 29.5 Å². The molecule has 4 aromatic rings. The maximum absolute atomic E-state index is 11.8. The lowest BCUT2D eigenvalue weighted by Crippen LogP contribution is -2.36. The molecule has 2 aromatic carbocycles. The summed E-state index contributed by atoms with van der Waals surface area (Å²) in [6.07, 6.45) is 9.46. The van der Waals surface area contributed by atoms with Crippen molar-refractivity contribution in [3.05, 3.63) is 78.1 Å². The zero-order valence-electron chi connectivity index (χ0n) is 18.7. The fraction of sp³-hybridized carbons (Fsp3) is 0.240. The number of aromatic carboxylic acids is 1. The Balaban J connectivity index is 1.49. The lowest BCUT2D eigenvalue weighted by molar-refractivity contribution is -0.0181. The summed E-state index contributed by atoms with van der Waals surface area (Å²) in [5, 5.41) is 24.0. The van der Waals surface area contributed by atoms with Gasteiger partial charge in [-0.15, -0.1) is 5.10 Å². The average molecular weight is 457 g/mol. The number of nitrogens with one attached hydrogen (secondary N) is 1. The summed E-state index contributed by atoms with van der Waals surface area (Å²) in [6, 6.07) is 13.1. The summed E-state index contributed by atoms with van der Waals surface area (Å²) in [5.41, 5.74) is 3.83. The molecular formula is C25H24N6O3. The molecule has 34 heavy (non-hydrogen) atoms. The number of para-hydroxylation sites is 1. The van der Waals surface area contributed by atoms with Gasteiger partial charge in [-0.05, 0) is 40.1 Å². The number of nitrogens with zero attached hydrogens (tertiary/aromatic N) is 5. The van der Waals surface area contributed by atoms with Crippen LogP contribution in [-0.4, -0.2) is 53.5 Å². The number of rotatable bonds is 8. The predicted octanol–water partition coefficient (Wildman–Crippen LogP) is 4.12. The third kappa shape index (κ3) is 4.01. The third-order valence-corrected chi connectivity index (χ3v) is 5.97. The Labute approximate surface area is 195 Å². The predicted molar refractivity (Wildman–Crippen MR) is 127 cm³/mol. The number of carboxylic acids is 1. The molecule has 0 radical (unpaired) electrons. The van der Waals surface area contributed by atoms with E-state index in [4.69, 9.17) is 4.74 Å². The van der Waals surface area contributed by atoms with Gasteiger partial charge in [0.15, 0.2) is 5.82 Å². The highest BCUT2D eigenvalue weighted by atomic mass is 16.5. The molecule has 9 heteroatoms. The van der Waals surface area contributed by atoms with Crippen LogP contribution in [0, 0.1) is 0 Å². The fourth-order valence-electron chi connectivity index (χ4n) is 4.36. The van der Waals surface area contributed by atoms with E-state index < -0.39 is 11.6 Å². The van der Waals surface area contributed by atoms with Crippen molar-refractivity contribution in [1.82, 2.24) is 30.2 Å². The normalized spacial score (nSPS) is 17.7. The van der Waals surface area contributed by atoms with Crippen molar-refractivity contribution in [2.75, 3.05) is 6.61 Å². The highest BCUT2D eigenvalue weighted by molar-refractivity contribution is 6.01. The lowest BCUT2D eigenvalue weighted by Gasteiger charge is -2.33. The van der Waals surface area contributed by atoms with E-state index >= 15 is 0 Å². The lowest BCUT2D eigenvalue weighted by atomic mass is 9.87. The highest BCUT2D eigenvalue weighted by Crippen LogP contribution is 2.35. The fourth-order valence-corrected chi connectivity index (χ4v) is 4.36. The van der Waals surface area contributed by atoms with Crippen molar-refractivity contribution < 1.29 is 14.6 Å². The standard InChI is InChI=1S/C25H24N6O3/c1-2-14-34-25(15-31-16-26-21-9-5-8-20(22(21)31)24(32)33)12-10-17(11-13-25)18-6-3-4-7-19(18)23-27-29-30-28-23/h3-12,16H,2,13-15H2,1H3,(H,32,33)(H,27,28,29,30). The van der Waals surface area contributed by atoms with Gasteiger partial charge >= 0.3 is 5.97 Å². The Hall–Kier alpha value is -4.11. The molecule has 0 saturated heterocycles. The minimum atomic E-state index is -0.976. The van der Waals surface area contributed by atoms with Crippen LogP contribution >= 0.6 is 0 Å². The molecule has 1 aliphatic carbocycles. The number of hydrogen-bond donors (Lipinski definition) is 2. The van der Waals surface area contributed by atoms with Gasteiger partial charge in [0, 0.05) is 18.6 Å². The summed E-state index contributed by atoms with van der Waals surface area (Å²) in [5.74, 6) is -0.370. The summed E-state index contributed by atoms with van der Waals surface area (Å²) in [7, 11) is 0. The summed E-state index contributed by atoms with van der Waals surface area (Å²) in [6.45, 7) is 3.10. The molecule has 0 fully saturated rings. The number of benzene rings is 2. The number of fused-ring (bicyclic) bond motifs is 1. The molecule has 0 saturated carbocycles. The Morgan fingerprint density at radius 3 is 2.76 bits per heavy atom. The van der Waals surface area contributed by atoms with Gasteiger partial charge in [-0.2, -0.15) is 0 Å². The SMILES string of the molecule is CCCOC1(Cn2cnc3cccc(C(=O)O)c32)C=CC(c2ccccc2-c2nnn[nH]2)=CC1. The van der Waals surface area contributed by atoms with Crippen molar-refractivity contribution in [2.45, 2.75) is 31.9 Å². The number of hydrogen-bond acceptors (Lipinski definition) is 6. The number of aromatic nitrogens is 6. The van der Waals surface area contributed by atoms with Crippen LogP contribution in [0.5, 0.6) is 0 Å². The zero-order valence-corrected chi connectivity index (χ0v) is 18.7. The number of carboxylic acid groups (broad SMARTS) is 1. The summed E-state index contributed by atoms with van der Waals surface area (Å²) < 4.78 is 8.24. The molecule has 2 aromatic heterocycles. The number of imidazole rings is 1. The summed E-state index contributed by atoms with van der Waals surface area (Å²) in [4.78, 5) is 16.2. The molecule has 0 amide bonds. The van der Waals surface area contributed by atoms with Gasteiger partial charge in [-0.1, -0.05) is 55.5 Å².